The van der Waals surface area contributed by atoms with E-state index in [9.17, 15) is 61.0 Å². The average Bonchev–Trinajstić information content (AvgIpc) is 0.883. The van der Waals surface area contributed by atoms with Gasteiger partial charge in [0.05, 0.1) is 38.6 Å². The molecule has 0 spiro atoms. The summed E-state index contributed by atoms with van der Waals surface area (Å²) in [5.41, 5.74) is 0. The molecule has 17 unspecified atom stereocenters. The van der Waals surface area contributed by atoms with Crippen molar-refractivity contribution in [3.05, 3.63) is 24.3 Å². The van der Waals surface area contributed by atoms with E-state index in [0.717, 1.165) is 44.9 Å². The number of amides is 1. The molecule has 19 heteroatoms. The van der Waals surface area contributed by atoms with Gasteiger partial charge in [0.2, 0.25) is 5.91 Å². The number of aliphatic hydroxyl groups excluding tert-OH is 11. The number of nitrogens with one attached hydrogen (secondary N) is 1. The standard InChI is InChI=1S/C72H135NO18/c1-3-5-7-9-11-13-15-17-19-21-23-25-27-29-31-33-35-37-39-41-43-45-47-49-56(77)55(73-60(78)50-48-46-44-42-40-38-36-34-32-30-28-26-24-22-20-18-16-14-12-10-8-6-4-2)54-86-70-66(84)63(81)68(58(52-75)88-70)91-72-67(85)64(82)69(59(53-76)89-72)90-71-65(83)62(80)61(79)57(51-74)87-71/h22,24,47,49,55-59,61-72,74-77,79-85H,3-21,23,25-46,48,50-54H2,1-2H3,(H,73,78)/b24-22-,49-47+. The van der Waals surface area contributed by atoms with Crippen molar-refractivity contribution < 1.29 is 89.4 Å². The molecule has 3 aliphatic heterocycles. The van der Waals surface area contributed by atoms with Crippen LogP contribution in [0.15, 0.2) is 24.3 Å². The van der Waals surface area contributed by atoms with Crippen LogP contribution >= 0.6 is 0 Å². The van der Waals surface area contributed by atoms with E-state index in [1.807, 2.05) is 6.08 Å². The first-order valence-corrected chi connectivity index (χ1v) is 37.1. The lowest BCUT2D eigenvalue weighted by Crippen LogP contribution is -2.66. The van der Waals surface area contributed by atoms with Gasteiger partial charge in [-0.2, -0.15) is 0 Å². The molecular formula is C72H135NO18. The summed E-state index contributed by atoms with van der Waals surface area (Å²) in [4.78, 5) is 13.4. The van der Waals surface area contributed by atoms with Gasteiger partial charge >= 0.3 is 0 Å². The van der Waals surface area contributed by atoms with Crippen LogP contribution in [0.4, 0.5) is 0 Å². The van der Waals surface area contributed by atoms with E-state index >= 15 is 0 Å². The van der Waals surface area contributed by atoms with E-state index in [-0.39, 0.29) is 18.9 Å². The molecule has 3 saturated heterocycles. The second-order valence-electron chi connectivity index (χ2n) is 26.8. The van der Waals surface area contributed by atoms with Crippen molar-refractivity contribution in [1.29, 1.82) is 0 Å². The molecule has 0 saturated carbocycles. The Kier molecular flexibility index (Phi) is 49.8. The lowest BCUT2D eigenvalue weighted by Gasteiger charge is -2.48. The first kappa shape index (κ1) is 83.5. The normalized spacial score (nSPS) is 27.9. The summed E-state index contributed by atoms with van der Waals surface area (Å²) in [5.74, 6) is -0.272. The Bertz CT molecular complexity index is 1750. The molecular weight excluding hydrogens is 1170 g/mol. The van der Waals surface area contributed by atoms with Gasteiger partial charge in [-0.05, 0) is 44.9 Å². The molecule has 91 heavy (non-hydrogen) atoms. The third-order valence-electron chi connectivity index (χ3n) is 18.7. The molecule has 3 fully saturated rings. The Morgan fingerprint density at radius 2 is 0.692 bits per heavy atom. The Labute approximate surface area is 549 Å². The van der Waals surface area contributed by atoms with Gasteiger partial charge < -0.3 is 89.9 Å². The Balaban J connectivity index is 1.42. The summed E-state index contributed by atoms with van der Waals surface area (Å²) in [6.07, 6.45) is 35.8. The largest absolute Gasteiger partial charge is 0.394 e. The van der Waals surface area contributed by atoms with E-state index in [1.54, 1.807) is 6.08 Å². The lowest BCUT2D eigenvalue weighted by molar-refractivity contribution is -0.379. The summed E-state index contributed by atoms with van der Waals surface area (Å²) in [7, 11) is 0. The van der Waals surface area contributed by atoms with Crippen LogP contribution in [0.2, 0.25) is 0 Å². The molecule has 0 aromatic heterocycles. The Morgan fingerprint density at radius 3 is 1.07 bits per heavy atom. The number of ether oxygens (including phenoxy) is 6. The predicted molar refractivity (Wildman–Crippen MR) is 356 cm³/mol. The fourth-order valence-corrected chi connectivity index (χ4v) is 12.7. The maximum absolute atomic E-state index is 13.4. The van der Waals surface area contributed by atoms with Crippen LogP contribution < -0.4 is 5.32 Å². The first-order chi connectivity index (χ1) is 44.3. The van der Waals surface area contributed by atoms with Crippen molar-refractivity contribution in [2.45, 2.75) is 401 Å². The SMILES string of the molecule is CCCCCCCCCC/C=C\CCCCCCCCCCCCCC(=O)NC(COC1OC(CO)C(OC2OC(CO)C(OC3OC(CO)C(O)C(O)C3O)C(O)C2O)C(O)C1O)C(O)/C=C/CCCCCCCCCCCCCCCCCCCCCCC. The smallest absolute Gasteiger partial charge is 0.220 e. The molecule has 3 rings (SSSR count). The lowest BCUT2D eigenvalue weighted by atomic mass is 9.96. The zero-order valence-electron chi connectivity index (χ0n) is 56.8. The molecule has 17 atom stereocenters. The van der Waals surface area contributed by atoms with E-state index in [4.69, 9.17) is 28.4 Å². The molecule has 536 valence electrons. The number of carbonyl (C=O) groups is 1. The highest BCUT2D eigenvalue weighted by atomic mass is 16.8. The number of aliphatic hydroxyl groups is 11. The zero-order chi connectivity index (χ0) is 66.1. The molecule has 19 nitrogen and oxygen atoms in total. The maximum Gasteiger partial charge on any atom is 0.220 e. The van der Waals surface area contributed by atoms with E-state index in [1.165, 1.54) is 225 Å². The van der Waals surface area contributed by atoms with E-state index in [2.05, 4.69) is 31.3 Å². The number of unbranched alkanes of at least 4 members (excludes halogenated alkanes) is 40. The highest BCUT2D eigenvalue weighted by molar-refractivity contribution is 5.76. The quantitative estimate of drug-likeness (QED) is 0.0199. The predicted octanol–water partition coefficient (Wildman–Crippen LogP) is 10.6. The Morgan fingerprint density at radius 1 is 0.385 bits per heavy atom. The van der Waals surface area contributed by atoms with Gasteiger partial charge in [0.1, 0.15) is 73.2 Å². The first-order valence-electron chi connectivity index (χ1n) is 37.1. The molecule has 1 amide bonds. The van der Waals surface area contributed by atoms with Gasteiger partial charge in [0.25, 0.3) is 0 Å². The summed E-state index contributed by atoms with van der Waals surface area (Å²) in [5, 5.41) is 121. The van der Waals surface area contributed by atoms with Gasteiger partial charge in [0, 0.05) is 6.42 Å². The molecule has 12 N–H and O–H groups in total. The van der Waals surface area contributed by atoms with Crippen LogP contribution in [0, 0.1) is 0 Å². The number of allylic oxidation sites excluding steroid dienone is 3. The summed E-state index contributed by atoms with van der Waals surface area (Å²) < 4.78 is 34.4. The minimum Gasteiger partial charge on any atom is -0.394 e. The van der Waals surface area contributed by atoms with Crippen LogP contribution in [0.3, 0.4) is 0 Å². The number of rotatable bonds is 58. The topological polar surface area (TPSA) is 307 Å². The third-order valence-corrected chi connectivity index (χ3v) is 18.7. The highest BCUT2D eigenvalue weighted by Gasteiger charge is 2.53. The van der Waals surface area contributed by atoms with Crippen molar-refractivity contribution in [1.82, 2.24) is 5.32 Å². The monoisotopic (exact) mass is 1300 g/mol. The van der Waals surface area contributed by atoms with Crippen molar-refractivity contribution in [3.8, 4) is 0 Å². The van der Waals surface area contributed by atoms with E-state index in [0.29, 0.717) is 6.42 Å². The molecule has 3 aliphatic rings. The van der Waals surface area contributed by atoms with Crippen molar-refractivity contribution >= 4 is 5.91 Å². The van der Waals surface area contributed by atoms with E-state index < -0.39 is 124 Å². The minimum atomic E-state index is -1.98. The molecule has 0 aromatic rings. The van der Waals surface area contributed by atoms with Crippen LogP contribution in [-0.2, 0) is 33.2 Å². The molecule has 0 aliphatic carbocycles. The molecule has 3 heterocycles. The van der Waals surface area contributed by atoms with Crippen LogP contribution in [0.25, 0.3) is 0 Å². The fraction of sp³-hybridized carbons (Fsp3) is 0.931. The fourth-order valence-electron chi connectivity index (χ4n) is 12.7. The maximum atomic E-state index is 13.4. The number of hydrogen-bond donors (Lipinski definition) is 12. The Hall–Kier alpha value is -1.73. The van der Waals surface area contributed by atoms with Crippen LogP contribution in [-0.4, -0.2) is 193 Å². The average molecular weight is 1300 g/mol. The molecule has 0 radical (unpaired) electrons. The summed E-state index contributed by atoms with van der Waals surface area (Å²) in [6.45, 7) is 1.78. The van der Waals surface area contributed by atoms with Crippen molar-refractivity contribution in [2.24, 2.45) is 0 Å². The van der Waals surface area contributed by atoms with Gasteiger partial charge in [-0.15, -0.1) is 0 Å². The highest BCUT2D eigenvalue weighted by Crippen LogP contribution is 2.33. The summed E-state index contributed by atoms with van der Waals surface area (Å²) >= 11 is 0. The second kappa shape index (κ2) is 54.3. The minimum absolute atomic E-state index is 0.245. The second-order valence-corrected chi connectivity index (χ2v) is 26.8. The summed E-state index contributed by atoms with van der Waals surface area (Å²) in [6, 6.07) is -0.972. The van der Waals surface area contributed by atoms with Crippen molar-refractivity contribution in [3.63, 3.8) is 0 Å². The third kappa shape index (κ3) is 35.9. The van der Waals surface area contributed by atoms with Gasteiger partial charge in [-0.3, -0.25) is 4.79 Å². The van der Waals surface area contributed by atoms with Gasteiger partial charge in [-0.1, -0.05) is 269 Å². The molecule has 0 aromatic carbocycles. The number of hydrogen-bond acceptors (Lipinski definition) is 18. The van der Waals surface area contributed by atoms with Gasteiger partial charge in [-0.25, -0.2) is 0 Å². The van der Waals surface area contributed by atoms with Crippen molar-refractivity contribution in [2.75, 3.05) is 26.4 Å². The van der Waals surface area contributed by atoms with Crippen LogP contribution in [0.1, 0.15) is 296 Å². The number of carbonyl (C=O) groups excluding carboxylic acids is 1. The van der Waals surface area contributed by atoms with Crippen LogP contribution in [0.5, 0.6) is 0 Å². The molecule has 0 bridgehead atoms. The van der Waals surface area contributed by atoms with Gasteiger partial charge in [0.15, 0.2) is 18.9 Å². The zero-order valence-corrected chi connectivity index (χ0v) is 56.8.